The topological polar surface area (TPSA) is 86.5 Å². The van der Waals surface area contributed by atoms with Crippen LogP contribution in [0.25, 0.3) is 0 Å². The molecular formula is C11H14ClNO4S. The maximum atomic E-state index is 11.2. The van der Waals surface area contributed by atoms with Gasteiger partial charge >= 0.3 is 0 Å². The van der Waals surface area contributed by atoms with E-state index in [1.807, 2.05) is 0 Å². The lowest BCUT2D eigenvalue weighted by Gasteiger charge is -2.15. The number of hydrogen-bond acceptors (Lipinski definition) is 4. The second kappa shape index (κ2) is 5.58. The van der Waals surface area contributed by atoms with E-state index in [4.69, 9.17) is 21.2 Å². The van der Waals surface area contributed by atoms with Crippen LogP contribution in [0.3, 0.4) is 0 Å². The fourth-order valence-corrected chi connectivity index (χ4v) is 2.67. The molecule has 2 N–H and O–H groups in total. The minimum absolute atomic E-state index is 0.0173. The number of aryl methyl sites for hydroxylation is 1. The molecule has 7 heteroatoms. The van der Waals surface area contributed by atoms with Crippen LogP contribution < -0.4 is 10.5 Å². The van der Waals surface area contributed by atoms with E-state index in [1.165, 1.54) is 18.2 Å². The normalized spacial score (nSPS) is 13.1. The first-order valence-corrected chi connectivity index (χ1v) is 7.58. The molecule has 0 heterocycles. The van der Waals surface area contributed by atoms with Gasteiger partial charge in [0.25, 0.3) is 15.0 Å². The molecule has 0 radical (unpaired) electrons. The summed E-state index contributed by atoms with van der Waals surface area (Å²) in [4.78, 5) is 11.0. The van der Waals surface area contributed by atoms with Crippen molar-refractivity contribution < 1.29 is 17.9 Å². The van der Waals surface area contributed by atoms with Crippen LogP contribution in [0.2, 0.25) is 0 Å². The van der Waals surface area contributed by atoms with Gasteiger partial charge in [0.05, 0.1) is 4.90 Å². The summed E-state index contributed by atoms with van der Waals surface area (Å²) in [5.74, 6) is -0.189. The number of amides is 1. The van der Waals surface area contributed by atoms with Gasteiger partial charge in [0.15, 0.2) is 6.10 Å². The summed E-state index contributed by atoms with van der Waals surface area (Å²) in [6, 6.07) is 4.27. The number of halogens is 1. The minimum atomic E-state index is -3.78. The fourth-order valence-electron chi connectivity index (χ4n) is 1.48. The van der Waals surface area contributed by atoms with Crippen LogP contribution in [0.5, 0.6) is 5.75 Å². The lowest BCUT2D eigenvalue weighted by Crippen LogP contribution is -2.33. The van der Waals surface area contributed by atoms with Crippen LogP contribution in [0.4, 0.5) is 0 Å². The fraction of sp³-hybridized carbons (Fsp3) is 0.364. The predicted octanol–water partition coefficient (Wildman–Crippen LogP) is 1.57. The Morgan fingerprint density at radius 1 is 1.50 bits per heavy atom. The number of benzene rings is 1. The molecule has 0 spiro atoms. The molecule has 100 valence electrons. The van der Waals surface area contributed by atoms with Crippen molar-refractivity contribution in [1.82, 2.24) is 0 Å². The van der Waals surface area contributed by atoms with Gasteiger partial charge in [-0.2, -0.15) is 0 Å². The van der Waals surface area contributed by atoms with Crippen LogP contribution in [-0.2, 0) is 13.8 Å². The molecule has 0 saturated heterocycles. The molecule has 0 bridgehead atoms. The van der Waals surface area contributed by atoms with E-state index in [0.29, 0.717) is 17.7 Å². The van der Waals surface area contributed by atoms with Crippen LogP contribution in [0.1, 0.15) is 18.9 Å². The zero-order chi connectivity index (χ0) is 13.9. The summed E-state index contributed by atoms with van der Waals surface area (Å²) in [5.41, 5.74) is 5.60. The van der Waals surface area contributed by atoms with E-state index in [-0.39, 0.29) is 4.90 Å². The van der Waals surface area contributed by atoms with E-state index in [9.17, 15) is 13.2 Å². The molecule has 0 aromatic heterocycles. The van der Waals surface area contributed by atoms with Crippen LogP contribution in [0.15, 0.2) is 23.1 Å². The van der Waals surface area contributed by atoms with E-state index < -0.39 is 21.1 Å². The van der Waals surface area contributed by atoms with Crippen LogP contribution in [0, 0.1) is 6.92 Å². The number of carbonyl (C=O) groups is 1. The van der Waals surface area contributed by atoms with Crippen molar-refractivity contribution in [2.75, 3.05) is 0 Å². The first-order chi connectivity index (χ1) is 8.25. The second-order valence-corrected chi connectivity index (χ2v) is 6.32. The number of ether oxygens (including phenoxy) is 1. The van der Waals surface area contributed by atoms with Gasteiger partial charge in [-0.3, -0.25) is 4.79 Å². The Hall–Kier alpha value is -1.27. The van der Waals surface area contributed by atoms with Crippen LogP contribution in [-0.4, -0.2) is 20.4 Å². The average molecular weight is 292 g/mol. The molecule has 1 rings (SSSR count). The first-order valence-electron chi connectivity index (χ1n) is 5.27. The standard InChI is InChI=1S/C11H14ClNO4S/c1-3-9(11(13)14)17-8-4-5-10(7(2)6-8)18(12,15)16/h4-6,9H,3H2,1-2H3,(H2,13,14). The molecule has 1 amide bonds. The zero-order valence-corrected chi connectivity index (χ0v) is 11.6. The smallest absolute Gasteiger partial charge is 0.261 e. The van der Waals surface area contributed by atoms with E-state index in [0.717, 1.165) is 0 Å². The highest BCUT2D eigenvalue weighted by molar-refractivity contribution is 8.13. The highest BCUT2D eigenvalue weighted by Gasteiger charge is 2.17. The van der Waals surface area contributed by atoms with Crippen molar-refractivity contribution in [3.05, 3.63) is 23.8 Å². The van der Waals surface area contributed by atoms with Gasteiger partial charge in [-0.05, 0) is 37.1 Å². The maximum Gasteiger partial charge on any atom is 0.261 e. The Morgan fingerprint density at radius 2 is 2.11 bits per heavy atom. The summed E-state index contributed by atoms with van der Waals surface area (Å²) in [6.07, 6.45) is -0.299. The molecule has 0 aliphatic heterocycles. The third kappa shape index (κ3) is 3.61. The quantitative estimate of drug-likeness (QED) is 0.834. The third-order valence-electron chi connectivity index (χ3n) is 2.38. The summed E-state index contributed by atoms with van der Waals surface area (Å²) in [6.45, 7) is 3.35. The molecule has 1 aromatic carbocycles. The summed E-state index contributed by atoms with van der Waals surface area (Å²) < 4.78 is 27.8. The Labute approximate surface area is 110 Å². The Morgan fingerprint density at radius 3 is 2.50 bits per heavy atom. The molecule has 0 aliphatic carbocycles. The Balaban J connectivity index is 3.02. The largest absolute Gasteiger partial charge is 0.481 e. The molecule has 0 saturated carbocycles. The molecular weight excluding hydrogens is 278 g/mol. The van der Waals surface area contributed by atoms with E-state index in [1.54, 1.807) is 13.8 Å². The second-order valence-electron chi connectivity index (χ2n) is 3.78. The van der Waals surface area contributed by atoms with Gasteiger partial charge in [0.2, 0.25) is 0 Å². The SMILES string of the molecule is CCC(Oc1ccc(S(=O)(=O)Cl)c(C)c1)C(N)=O. The van der Waals surface area contributed by atoms with Crippen molar-refractivity contribution in [3.8, 4) is 5.75 Å². The lowest BCUT2D eigenvalue weighted by molar-refractivity contribution is -0.124. The molecule has 1 unspecified atom stereocenters. The van der Waals surface area contributed by atoms with E-state index in [2.05, 4.69) is 0 Å². The minimum Gasteiger partial charge on any atom is -0.481 e. The molecule has 0 aliphatic rings. The van der Waals surface area contributed by atoms with Crippen molar-refractivity contribution in [3.63, 3.8) is 0 Å². The molecule has 1 atom stereocenters. The number of hydrogen-bond donors (Lipinski definition) is 1. The molecule has 5 nitrogen and oxygen atoms in total. The van der Waals surface area contributed by atoms with Crippen LogP contribution >= 0.6 is 10.7 Å². The summed E-state index contributed by atoms with van der Waals surface area (Å²) in [5, 5.41) is 0. The highest BCUT2D eigenvalue weighted by atomic mass is 35.7. The van der Waals surface area contributed by atoms with Gasteiger partial charge in [-0.25, -0.2) is 8.42 Å². The highest BCUT2D eigenvalue weighted by Crippen LogP contribution is 2.24. The third-order valence-corrected chi connectivity index (χ3v) is 3.86. The van der Waals surface area contributed by atoms with Gasteiger partial charge < -0.3 is 10.5 Å². The monoisotopic (exact) mass is 291 g/mol. The number of rotatable bonds is 5. The lowest BCUT2D eigenvalue weighted by atomic mass is 10.2. The van der Waals surface area contributed by atoms with Crippen molar-refractivity contribution >= 4 is 25.6 Å². The van der Waals surface area contributed by atoms with Crippen molar-refractivity contribution in [2.45, 2.75) is 31.3 Å². The van der Waals surface area contributed by atoms with Crippen molar-refractivity contribution in [2.24, 2.45) is 5.73 Å². The summed E-state index contributed by atoms with van der Waals surface area (Å²) in [7, 11) is 1.48. The Kier molecular flexibility index (Phi) is 4.59. The number of primary amides is 1. The molecule has 0 fully saturated rings. The van der Waals surface area contributed by atoms with E-state index >= 15 is 0 Å². The van der Waals surface area contributed by atoms with Crippen molar-refractivity contribution in [1.29, 1.82) is 0 Å². The molecule has 18 heavy (non-hydrogen) atoms. The number of carbonyl (C=O) groups excluding carboxylic acids is 1. The van der Waals surface area contributed by atoms with Gasteiger partial charge in [0, 0.05) is 10.7 Å². The van der Waals surface area contributed by atoms with Gasteiger partial charge in [-0.1, -0.05) is 6.92 Å². The molecule has 1 aromatic rings. The maximum absolute atomic E-state index is 11.2. The van der Waals surface area contributed by atoms with Gasteiger partial charge in [0.1, 0.15) is 5.75 Å². The average Bonchev–Trinajstić information content (AvgIpc) is 2.23. The van der Waals surface area contributed by atoms with Gasteiger partial charge in [-0.15, -0.1) is 0 Å². The first kappa shape index (κ1) is 14.8. The Bertz CT molecular complexity index is 556. The predicted molar refractivity (Wildman–Crippen MR) is 68.1 cm³/mol. The zero-order valence-electron chi connectivity index (χ0n) is 10.0. The number of nitrogens with two attached hydrogens (primary N) is 1. The summed E-state index contributed by atoms with van der Waals surface area (Å²) >= 11 is 0.